The highest BCUT2D eigenvalue weighted by molar-refractivity contribution is 5.77. The fourth-order valence-corrected chi connectivity index (χ4v) is 2.42. The van der Waals surface area contributed by atoms with Gasteiger partial charge in [0.15, 0.2) is 0 Å². The van der Waals surface area contributed by atoms with Crippen molar-refractivity contribution in [2.75, 3.05) is 13.2 Å². The number of carbonyl (C=O) groups excluding carboxylic acids is 1. The molecule has 3 N–H and O–H groups in total. The lowest BCUT2D eigenvalue weighted by atomic mass is 10.0. The molecule has 1 heterocycles. The number of rotatable bonds is 8. The van der Waals surface area contributed by atoms with E-state index in [2.05, 4.69) is 24.5 Å². The average molecular weight is 286 g/mol. The van der Waals surface area contributed by atoms with Gasteiger partial charge in [0.25, 0.3) is 0 Å². The van der Waals surface area contributed by atoms with Crippen molar-refractivity contribution in [3.8, 4) is 0 Å². The molecule has 1 saturated heterocycles. The monoisotopic (exact) mass is 286 g/mol. The summed E-state index contributed by atoms with van der Waals surface area (Å²) in [4.78, 5) is 23.0. The molecule has 0 saturated carbocycles. The Morgan fingerprint density at radius 1 is 1.25 bits per heavy atom. The van der Waals surface area contributed by atoms with Crippen molar-refractivity contribution < 1.29 is 19.4 Å². The number of ether oxygens (including phenoxy) is 1. The maximum atomic E-state index is 11.9. The molecule has 0 aromatic rings. The van der Waals surface area contributed by atoms with Gasteiger partial charge in [0.2, 0.25) is 0 Å². The third kappa shape index (κ3) is 5.36. The van der Waals surface area contributed by atoms with Crippen LogP contribution < -0.4 is 10.6 Å². The maximum absolute atomic E-state index is 11.9. The molecule has 3 atom stereocenters. The Morgan fingerprint density at radius 2 is 2.00 bits per heavy atom. The number of unbranched alkanes of at least 4 members (excludes halogenated alkanes) is 1. The molecule has 0 spiro atoms. The number of carbonyl (C=O) groups is 2. The number of urea groups is 1. The number of hydrogen-bond donors (Lipinski definition) is 3. The van der Waals surface area contributed by atoms with Gasteiger partial charge < -0.3 is 20.5 Å². The molecule has 20 heavy (non-hydrogen) atoms. The fourth-order valence-electron chi connectivity index (χ4n) is 2.42. The first-order valence-electron chi connectivity index (χ1n) is 7.46. The summed E-state index contributed by atoms with van der Waals surface area (Å²) >= 11 is 0. The number of amides is 2. The third-order valence-corrected chi connectivity index (χ3v) is 3.59. The molecule has 2 amide bonds. The molecule has 0 radical (unpaired) electrons. The van der Waals surface area contributed by atoms with E-state index in [4.69, 9.17) is 9.84 Å². The smallest absolute Gasteiger partial charge is 0.315 e. The van der Waals surface area contributed by atoms with Gasteiger partial charge in [-0.05, 0) is 12.8 Å². The summed E-state index contributed by atoms with van der Waals surface area (Å²) in [6.45, 7) is 4.63. The van der Waals surface area contributed by atoms with Crippen molar-refractivity contribution in [1.29, 1.82) is 0 Å². The van der Waals surface area contributed by atoms with Crippen molar-refractivity contribution in [3.63, 3.8) is 0 Å². The summed E-state index contributed by atoms with van der Waals surface area (Å²) in [6, 6.07) is -0.576. The molecule has 1 aliphatic rings. The third-order valence-electron chi connectivity index (χ3n) is 3.59. The molecule has 6 nitrogen and oxygen atoms in total. The lowest BCUT2D eigenvalue weighted by molar-refractivity contribution is -0.142. The maximum Gasteiger partial charge on any atom is 0.315 e. The number of carboxylic acids is 1. The van der Waals surface area contributed by atoms with E-state index < -0.39 is 17.9 Å². The Morgan fingerprint density at radius 3 is 2.60 bits per heavy atom. The second kappa shape index (κ2) is 8.79. The number of carboxylic acid groups (broad SMARTS) is 1. The predicted octanol–water partition coefficient (Wildman–Crippen LogP) is 1.74. The highest BCUT2D eigenvalue weighted by atomic mass is 16.5. The lowest BCUT2D eigenvalue weighted by Gasteiger charge is -2.21. The molecule has 1 rings (SSSR count). The molecular formula is C14H26N2O4. The van der Waals surface area contributed by atoms with Crippen LogP contribution in [0.15, 0.2) is 0 Å². The Bertz CT molecular complexity index is 322. The van der Waals surface area contributed by atoms with E-state index in [-0.39, 0.29) is 25.3 Å². The topological polar surface area (TPSA) is 87.7 Å². The van der Waals surface area contributed by atoms with Crippen LogP contribution >= 0.6 is 0 Å². The van der Waals surface area contributed by atoms with E-state index in [1.165, 1.54) is 0 Å². The largest absolute Gasteiger partial charge is 0.481 e. The fraction of sp³-hybridized carbons (Fsp3) is 0.857. The summed E-state index contributed by atoms with van der Waals surface area (Å²) in [5.41, 5.74) is 0. The number of hydrogen-bond acceptors (Lipinski definition) is 3. The molecular weight excluding hydrogens is 260 g/mol. The summed E-state index contributed by atoms with van der Waals surface area (Å²) in [7, 11) is 0. The average Bonchev–Trinajstić information content (AvgIpc) is 2.84. The minimum Gasteiger partial charge on any atom is -0.481 e. The SMILES string of the molecule is CCCCC(CCC)NC(=O)NC1COCC1C(=O)O. The quantitative estimate of drug-likeness (QED) is 0.634. The van der Waals surface area contributed by atoms with Crippen molar-refractivity contribution in [2.45, 2.75) is 58.0 Å². The van der Waals surface area contributed by atoms with Crippen LogP contribution in [0.3, 0.4) is 0 Å². The van der Waals surface area contributed by atoms with E-state index in [0.29, 0.717) is 0 Å². The van der Waals surface area contributed by atoms with Crippen molar-refractivity contribution in [2.24, 2.45) is 5.92 Å². The van der Waals surface area contributed by atoms with Crippen LogP contribution in [0.25, 0.3) is 0 Å². The van der Waals surface area contributed by atoms with Crippen molar-refractivity contribution in [3.05, 3.63) is 0 Å². The standard InChI is InChI=1S/C14H26N2O4/c1-3-5-7-10(6-4-2)15-14(19)16-12-9-20-8-11(12)13(17)18/h10-12H,3-9H2,1-2H3,(H,17,18)(H2,15,16,19). The summed E-state index contributed by atoms with van der Waals surface area (Å²) in [5.74, 6) is -1.58. The van der Waals surface area contributed by atoms with Gasteiger partial charge in [0.05, 0.1) is 19.3 Å². The Labute approximate surface area is 120 Å². The van der Waals surface area contributed by atoms with Crippen LogP contribution in [0.2, 0.25) is 0 Å². The lowest BCUT2D eigenvalue weighted by Crippen LogP contribution is -2.49. The Kier molecular flexibility index (Phi) is 7.36. The molecule has 0 aromatic carbocycles. The van der Waals surface area contributed by atoms with E-state index in [0.717, 1.165) is 32.1 Å². The van der Waals surface area contributed by atoms with E-state index in [9.17, 15) is 9.59 Å². The van der Waals surface area contributed by atoms with E-state index >= 15 is 0 Å². The highest BCUT2D eigenvalue weighted by Crippen LogP contribution is 2.14. The first-order chi connectivity index (χ1) is 9.58. The molecule has 6 heteroatoms. The highest BCUT2D eigenvalue weighted by Gasteiger charge is 2.35. The van der Waals surface area contributed by atoms with Crippen LogP contribution in [0.1, 0.15) is 46.0 Å². The molecule has 3 unspecified atom stereocenters. The zero-order valence-electron chi connectivity index (χ0n) is 12.4. The van der Waals surface area contributed by atoms with Crippen LogP contribution in [-0.4, -0.2) is 42.4 Å². The molecule has 0 bridgehead atoms. The molecule has 116 valence electrons. The van der Waals surface area contributed by atoms with Gasteiger partial charge in [-0.15, -0.1) is 0 Å². The normalized spacial score (nSPS) is 23.3. The molecule has 0 aromatic heterocycles. The van der Waals surface area contributed by atoms with Gasteiger partial charge in [0.1, 0.15) is 5.92 Å². The van der Waals surface area contributed by atoms with Crippen LogP contribution in [0.5, 0.6) is 0 Å². The summed E-state index contributed by atoms with van der Waals surface area (Å²) in [5, 5.41) is 14.7. The van der Waals surface area contributed by atoms with Crippen LogP contribution in [0.4, 0.5) is 4.79 Å². The number of aliphatic carboxylic acids is 1. The van der Waals surface area contributed by atoms with Gasteiger partial charge in [-0.1, -0.05) is 33.1 Å². The first-order valence-corrected chi connectivity index (χ1v) is 7.46. The number of nitrogens with one attached hydrogen (secondary N) is 2. The molecule has 0 aliphatic carbocycles. The molecule has 1 aliphatic heterocycles. The second-order valence-electron chi connectivity index (χ2n) is 5.33. The van der Waals surface area contributed by atoms with Gasteiger partial charge >= 0.3 is 12.0 Å². The van der Waals surface area contributed by atoms with E-state index in [1.807, 2.05) is 0 Å². The minimum absolute atomic E-state index is 0.158. The van der Waals surface area contributed by atoms with Gasteiger partial charge in [0, 0.05) is 6.04 Å². The Balaban J connectivity index is 2.42. The summed E-state index contributed by atoms with van der Waals surface area (Å²) in [6.07, 6.45) is 5.09. The molecule has 1 fully saturated rings. The predicted molar refractivity (Wildman–Crippen MR) is 75.6 cm³/mol. The van der Waals surface area contributed by atoms with Crippen molar-refractivity contribution in [1.82, 2.24) is 10.6 Å². The van der Waals surface area contributed by atoms with Gasteiger partial charge in [-0.25, -0.2) is 4.79 Å². The van der Waals surface area contributed by atoms with Crippen molar-refractivity contribution >= 4 is 12.0 Å². The Hall–Kier alpha value is -1.30. The zero-order chi connectivity index (χ0) is 15.0. The van der Waals surface area contributed by atoms with E-state index in [1.54, 1.807) is 0 Å². The van der Waals surface area contributed by atoms with Crippen LogP contribution in [0, 0.1) is 5.92 Å². The van der Waals surface area contributed by atoms with Gasteiger partial charge in [-0.2, -0.15) is 0 Å². The first kappa shape index (κ1) is 16.8. The minimum atomic E-state index is -0.927. The zero-order valence-corrected chi connectivity index (χ0v) is 12.4. The van der Waals surface area contributed by atoms with Gasteiger partial charge in [-0.3, -0.25) is 4.79 Å². The second-order valence-corrected chi connectivity index (χ2v) is 5.33. The van der Waals surface area contributed by atoms with Crippen LogP contribution in [-0.2, 0) is 9.53 Å². The summed E-state index contributed by atoms with van der Waals surface area (Å²) < 4.78 is 5.13.